The summed E-state index contributed by atoms with van der Waals surface area (Å²) in [6.07, 6.45) is 7.01. The smallest absolute Gasteiger partial charge is 0.282 e. The van der Waals surface area contributed by atoms with Gasteiger partial charge in [0.25, 0.3) is 11.5 Å². The number of nitrogens with zero attached hydrogens (tertiary/aromatic N) is 3. The summed E-state index contributed by atoms with van der Waals surface area (Å²) in [5.74, 6) is 1.11. The first kappa shape index (κ1) is 25.9. The van der Waals surface area contributed by atoms with E-state index in [2.05, 4.69) is 26.3 Å². The molecule has 0 unspecified atom stereocenters. The van der Waals surface area contributed by atoms with Crippen molar-refractivity contribution < 1.29 is 9.53 Å². The molecule has 194 valence electrons. The highest BCUT2D eigenvalue weighted by Crippen LogP contribution is 2.32. The van der Waals surface area contributed by atoms with Gasteiger partial charge in [-0.2, -0.15) is 9.78 Å². The zero-order valence-electron chi connectivity index (χ0n) is 21.2. The van der Waals surface area contributed by atoms with Crippen LogP contribution >= 0.6 is 15.9 Å². The Balaban J connectivity index is 1.42. The summed E-state index contributed by atoms with van der Waals surface area (Å²) in [6.45, 7) is 1.78. The van der Waals surface area contributed by atoms with Gasteiger partial charge in [0.2, 0.25) is 0 Å². The lowest BCUT2D eigenvalue weighted by Gasteiger charge is -2.22. The summed E-state index contributed by atoms with van der Waals surface area (Å²) in [4.78, 5) is 31.0. The summed E-state index contributed by atoms with van der Waals surface area (Å²) in [5.41, 5.74) is 2.86. The molecule has 0 aliphatic heterocycles. The molecular weight excluding hydrogens is 544 g/mol. The maximum Gasteiger partial charge on any atom is 0.282 e. The van der Waals surface area contributed by atoms with Gasteiger partial charge in [-0.05, 0) is 61.7 Å². The number of benzene rings is 3. The first-order valence-corrected chi connectivity index (χ1v) is 13.6. The Labute approximate surface area is 229 Å². The summed E-state index contributed by atoms with van der Waals surface area (Å²) in [7, 11) is 0. The van der Waals surface area contributed by atoms with E-state index >= 15 is 0 Å². The minimum Gasteiger partial charge on any atom is -0.483 e. The Morgan fingerprint density at radius 2 is 1.87 bits per heavy atom. The fourth-order valence-corrected chi connectivity index (χ4v) is 5.14. The number of carbonyl (C=O) groups is 1. The van der Waals surface area contributed by atoms with Crippen molar-refractivity contribution in [3.8, 4) is 5.75 Å². The van der Waals surface area contributed by atoms with Gasteiger partial charge < -0.3 is 10.1 Å². The van der Waals surface area contributed by atoms with Gasteiger partial charge in [-0.15, -0.1) is 0 Å². The van der Waals surface area contributed by atoms with Crippen molar-refractivity contribution >= 4 is 44.6 Å². The molecule has 1 aromatic heterocycles. The lowest BCUT2D eigenvalue weighted by Crippen LogP contribution is -2.25. The largest absolute Gasteiger partial charge is 0.483 e. The number of para-hydroxylation sites is 2. The monoisotopic (exact) mass is 572 g/mol. The highest BCUT2D eigenvalue weighted by Gasteiger charge is 2.22. The summed E-state index contributed by atoms with van der Waals surface area (Å²) >= 11 is 3.46. The second kappa shape index (κ2) is 11.7. The molecule has 1 aliphatic rings. The second-order valence-corrected chi connectivity index (χ2v) is 10.4. The molecule has 0 atom stereocenters. The zero-order chi connectivity index (χ0) is 26.5. The number of anilines is 1. The van der Waals surface area contributed by atoms with Crippen LogP contribution in [0.25, 0.3) is 10.9 Å². The molecule has 0 bridgehead atoms. The van der Waals surface area contributed by atoms with E-state index in [0.29, 0.717) is 28.0 Å². The standard InChI is InChI=1S/C30H29BrN4O3/c1-20-9-5-7-13-25(20)33-28(36)19-38-27-14-8-6-12-22(27)18-32-35-29(21-10-3-2-4-11-21)34-26-16-15-23(31)17-24(26)30(35)37/h5-9,12-18,21H,2-4,10-11,19H2,1H3,(H,33,36). The Kier molecular flexibility index (Phi) is 7.98. The van der Waals surface area contributed by atoms with Gasteiger partial charge in [-0.1, -0.05) is 65.5 Å². The highest BCUT2D eigenvalue weighted by molar-refractivity contribution is 9.10. The van der Waals surface area contributed by atoms with Crippen LogP contribution in [0.5, 0.6) is 5.75 Å². The van der Waals surface area contributed by atoms with E-state index in [1.165, 1.54) is 11.1 Å². The molecule has 1 N–H and O–H groups in total. The third kappa shape index (κ3) is 5.86. The molecule has 0 spiro atoms. The average molecular weight is 573 g/mol. The quantitative estimate of drug-likeness (QED) is 0.259. The lowest BCUT2D eigenvalue weighted by molar-refractivity contribution is -0.118. The molecule has 1 aliphatic carbocycles. The van der Waals surface area contributed by atoms with Gasteiger partial charge in [0, 0.05) is 21.6 Å². The SMILES string of the molecule is Cc1ccccc1NC(=O)COc1ccccc1C=Nn1c(C2CCCCC2)nc2ccc(Br)cc2c1=O. The molecule has 38 heavy (non-hydrogen) atoms. The van der Waals surface area contributed by atoms with Crippen molar-refractivity contribution in [2.24, 2.45) is 5.10 Å². The molecule has 1 saturated carbocycles. The van der Waals surface area contributed by atoms with Crippen molar-refractivity contribution in [3.05, 3.63) is 98.5 Å². The number of fused-ring (bicyclic) bond motifs is 1. The predicted molar refractivity (Wildman–Crippen MR) is 154 cm³/mol. The Bertz CT molecular complexity index is 1560. The van der Waals surface area contributed by atoms with E-state index in [1.54, 1.807) is 18.3 Å². The van der Waals surface area contributed by atoms with Gasteiger partial charge >= 0.3 is 0 Å². The lowest BCUT2D eigenvalue weighted by atomic mass is 9.88. The van der Waals surface area contributed by atoms with Crippen molar-refractivity contribution in [1.29, 1.82) is 0 Å². The van der Waals surface area contributed by atoms with Crippen LogP contribution in [0.3, 0.4) is 0 Å². The molecular formula is C30H29BrN4O3. The van der Waals surface area contributed by atoms with Gasteiger partial charge in [0.15, 0.2) is 6.61 Å². The molecule has 1 fully saturated rings. The second-order valence-electron chi connectivity index (χ2n) is 9.52. The molecule has 1 heterocycles. The zero-order valence-corrected chi connectivity index (χ0v) is 22.8. The maximum absolute atomic E-state index is 13.6. The molecule has 0 saturated heterocycles. The summed E-state index contributed by atoms with van der Waals surface area (Å²) in [5, 5.41) is 8.00. The molecule has 8 heteroatoms. The van der Waals surface area contributed by atoms with E-state index in [9.17, 15) is 9.59 Å². The highest BCUT2D eigenvalue weighted by atomic mass is 79.9. The fourth-order valence-electron chi connectivity index (χ4n) is 4.78. The third-order valence-corrected chi connectivity index (χ3v) is 7.31. The van der Waals surface area contributed by atoms with E-state index in [0.717, 1.165) is 41.4 Å². The van der Waals surface area contributed by atoms with Crippen LogP contribution in [0.4, 0.5) is 5.69 Å². The number of halogens is 1. The number of hydrogen-bond donors (Lipinski definition) is 1. The number of amides is 1. The van der Waals surface area contributed by atoms with E-state index in [1.807, 2.05) is 61.5 Å². The van der Waals surface area contributed by atoms with Gasteiger partial charge in [-0.25, -0.2) is 4.98 Å². The normalized spacial score (nSPS) is 14.2. The summed E-state index contributed by atoms with van der Waals surface area (Å²) < 4.78 is 8.10. The van der Waals surface area contributed by atoms with Gasteiger partial charge in [-0.3, -0.25) is 9.59 Å². The number of aromatic nitrogens is 2. The van der Waals surface area contributed by atoms with E-state index in [-0.39, 0.29) is 24.0 Å². The van der Waals surface area contributed by atoms with Crippen LogP contribution in [0.2, 0.25) is 0 Å². The van der Waals surface area contributed by atoms with Crippen LogP contribution in [0, 0.1) is 6.92 Å². The molecule has 1 amide bonds. The van der Waals surface area contributed by atoms with Crippen LogP contribution < -0.4 is 15.6 Å². The minimum atomic E-state index is -0.258. The molecule has 3 aromatic carbocycles. The first-order valence-electron chi connectivity index (χ1n) is 12.8. The van der Waals surface area contributed by atoms with Crippen molar-refractivity contribution in [2.75, 3.05) is 11.9 Å². The van der Waals surface area contributed by atoms with Crippen LogP contribution in [0.15, 0.2) is 81.1 Å². The van der Waals surface area contributed by atoms with Crippen LogP contribution in [-0.4, -0.2) is 28.4 Å². The number of ether oxygens (including phenoxy) is 1. The van der Waals surface area contributed by atoms with Crippen LogP contribution in [-0.2, 0) is 4.79 Å². The Hall–Kier alpha value is -3.78. The Morgan fingerprint density at radius 1 is 1.11 bits per heavy atom. The third-order valence-electron chi connectivity index (χ3n) is 6.81. The molecule has 7 nitrogen and oxygen atoms in total. The van der Waals surface area contributed by atoms with E-state index < -0.39 is 0 Å². The number of nitrogens with one attached hydrogen (secondary N) is 1. The average Bonchev–Trinajstić information content (AvgIpc) is 2.94. The van der Waals surface area contributed by atoms with E-state index in [4.69, 9.17) is 9.72 Å². The minimum absolute atomic E-state index is 0.155. The van der Waals surface area contributed by atoms with Crippen molar-refractivity contribution in [3.63, 3.8) is 0 Å². The topological polar surface area (TPSA) is 85.6 Å². The number of hydrogen-bond acceptors (Lipinski definition) is 5. The van der Waals surface area contributed by atoms with Crippen molar-refractivity contribution in [1.82, 2.24) is 9.66 Å². The van der Waals surface area contributed by atoms with Crippen LogP contribution in [0.1, 0.15) is 55.0 Å². The first-order chi connectivity index (χ1) is 18.5. The molecule has 4 aromatic rings. The Morgan fingerprint density at radius 3 is 2.68 bits per heavy atom. The predicted octanol–water partition coefficient (Wildman–Crippen LogP) is 6.41. The van der Waals surface area contributed by atoms with Crippen molar-refractivity contribution in [2.45, 2.75) is 44.9 Å². The number of aryl methyl sites for hydroxylation is 1. The molecule has 0 radical (unpaired) electrons. The summed E-state index contributed by atoms with van der Waals surface area (Å²) in [6, 6.07) is 20.5. The van der Waals surface area contributed by atoms with Gasteiger partial charge in [0.05, 0.1) is 17.1 Å². The van der Waals surface area contributed by atoms with Gasteiger partial charge in [0.1, 0.15) is 11.6 Å². The number of carbonyl (C=O) groups excluding carboxylic acids is 1. The molecule has 5 rings (SSSR count). The maximum atomic E-state index is 13.6. The number of rotatable bonds is 7. The fraction of sp³-hybridized carbons (Fsp3) is 0.267.